The minimum Gasteiger partial charge on any atom is -0.307 e. The zero-order valence-corrected chi connectivity index (χ0v) is 12.7. The molecular formula is C16H23N5. The van der Waals surface area contributed by atoms with Crippen LogP contribution in [0.1, 0.15) is 51.1 Å². The Hall–Kier alpha value is -1.75. The summed E-state index contributed by atoms with van der Waals surface area (Å²) in [7, 11) is 0. The fourth-order valence-corrected chi connectivity index (χ4v) is 3.20. The third kappa shape index (κ3) is 3.29. The molecule has 5 heteroatoms. The van der Waals surface area contributed by atoms with E-state index in [9.17, 15) is 0 Å². The normalized spacial score (nSPS) is 23.9. The van der Waals surface area contributed by atoms with E-state index < -0.39 is 0 Å². The molecule has 1 aliphatic rings. The summed E-state index contributed by atoms with van der Waals surface area (Å²) < 4.78 is 1.69. The number of hydrogen-bond donors (Lipinski definition) is 1. The van der Waals surface area contributed by atoms with Crippen LogP contribution in [0.2, 0.25) is 0 Å². The molecule has 112 valence electrons. The predicted molar refractivity (Wildman–Crippen MR) is 82.1 cm³/mol. The van der Waals surface area contributed by atoms with E-state index in [1.807, 2.05) is 6.07 Å². The van der Waals surface area contributed by atoms with Crippen molar-refractivity contribution >= 4 is 0 Å². The van der Waals surface area contributed by atoms with Gasteiger partial charge in [0.05, 0.1) is 5.69 Å². The van der Waals surface area contributed by atoms with Crippen LogP contribution in [-0.2, 0) is 0 Å². The third-order valence-corrected chi connectivity index (χ3v) is 4.56. The Morgan fingerprint density at radius 2 is 2.14 bits per heavy atom. The first kappa shape index (κ1) is 14.2. The van der Waals surface area contributed by atoms with Crippen molar-refractivity contribution in [3.8, 4) is 5.69 Å². The molecule has 0 saturated heterocycles. The lowest BCUT2D eigenvalue weighted by atomic mass is 9.85. The van der Waals surface area contributed by atoms with Gasteiger partial charge in [-0.2, -0.15) is 0 Å². The second-order valence-electron chi connectivity index (χ2n) is 6.11. The van der Waals surface area contributed by atoms with Crippen LogP contribution in [0.5, 0.6) is 0 Å². The number of nitrogens with zero attached hydrogens (tertiary/aromatic N) is 4. The molecule has 0 bridgehead atoms. The maximum absolute atomic E-state index is 3.95. The number of benzene rings is 1. The topological polar surface area (TPSA) is 55.6 Å². The van der Waals surface area contributed by atoms with E-state index in [-0.39, 0.29) is 0 Å². The van der Waals surface area contributed by atoms with Gasteiger partial charge in [0.1, 0.15) is 6.33 Å². The van der Waals surface area contributed by atoms with Crippen molar-refractivity contribution in [2.45, 2.75) is 51.6 Å². The Bertz CT molecular complexity index is 566. The van der Waals surface area contributed by atoms with E-state index in [4.69, 9.17) is 0 Å². The van der Waals surface area contributed by atoms with Crippen LogP contribution in [0.25, 0.3) is 5.69 Å². The Balaban J connectivity index is 1.72. The zero-order valence-electron chi connectivity index (χ0n) is 12.7. The molecule has 0 radical (unpaired) electrons. The smallest absolute Gasteiger partial charge is 0.143 e. The number of aromatic nitrogens is 4. The fraction of sp³-hybridized carbons (Fsp3) is 0.562. The molecule has 0 spiro atoms. The van der Waals surface area contributed by atoms with Crippen molar-refractivity contribution in [3.63, 3.8) is 0 Å². The summed E-state index contributed by atoms with van der Waals surface area (Å²) in [5, 5.41) is 15.1. The molecule has 1 aliphatic carbocycles. The van der Waals surface area contributed by atoms with E-state index >= 15 is 0 Å². The Labute approximate surface area is 125 Å². The third-order valence-electron chi connectivity index (χ3n) is 4.56. The van der Waals surface area contributed by atoms with Crippen molar-refractivity contribution in [1.82, 2.24) is 25.5 Å². The summed E-state index contributed by atoms with van der Waals surface area (Å²) in [5.41, 5.74) is 2.28. The molecular weight excluding hydrogens is 262 g/mol. The Morgan fingerprint density at radius 3 is 2.90 bits per heavy atom. The minimum absolute atomic E-state index is 0.340. The van der Waals surface area contributed by atoms with Crippen LogP contribution >= 0.6 is 0 Å². The summed E-state index contributed by atoms with van der Waals surface area (Å²) in [4.78, 5) is 0. The summed E-state index contributed by atoms with van der Waals surface area (Å²) in [5.74, 6) is 0.767. The quantitative estimate of drug-likeness (QED) is 0.938. The van der Waals surface area contributed by atoms with Gasteiger partial charge in [-0.05, 0) is 53.8 Å². The molecule has 1 N–H and O–H groups in total. The molecule has 0 aliphatic heterocycles. The van der Waals surface area contributed by atoms with Crippen LogP contribution in [0.3, 0.4) is 0 Å². The predicted octanol–water partition coefficient (Wildman–Crippen LogP) is 2.89. The van der Waals surface area contributed by atoms with Gasteiger partial charge >= 0.3 is 0 Å². The largest absolute Gasteiger partial charge is 0.307 e. The molecule has 1 aromatic carbocycles. The molecule has 1 saturated carbocycles. The average Bonchev–Trinajstić information content (AvgIpc) is 3.04. The summed E-state index contributed by atoms with van der Waals surface area (Å²) in [6.07, 6.45) is 6.98. The number of hydrogen-bond acceptors (Lipinski definition) is 4. The lowest BCUT2D eigenvalue weighted by molar-refractivity contribution is 0.263. The van der Waals surface area contributed by atoms with E-state index in [0.717, 1.165) is 11.6 Å². The van der Waals surface area contributed by atoms with Crippen molar-refractivity contribution in [2.75, 3.05) is 0 Å². The van der Waals surface area contributed by atoms with Gasteiger partial charge in [-0.1, -0.05) is 31.9 Å². The second kappa shape index (κ2) is 6.35. The van der Waals surface area contributed by atoms with Crippen molar-refractivity contribution < 1.29 is 0 Å². The molecule has 21 heavy (non-hydrogen) atoms. The molecule has 3 atom stereocenters. The highest BCUT2D eigenvalue weighted by Crippen LogP contribution is 2.26. The van der Waals surface area contributed by atoms with Crippen LogP contribution in [0, 0.1) is 5.92 Å². The van der Waals surface area contributed by atoms with Gasteiger partial charge in [0.25, 0.3) is 0 Å². The molecule has 3 unspecified atom stereocenters. The lowest BCUT2D eigenvalue weighted by Crippen LogP contribution is -2.38. The molecule has 1 heterocycles. The van der Waals surface area contributed by atoms with Crippen LogP contribution < -0.4 is 5.32 Å². The molecule has 5 nitrogen and oxygen atoms in total. The average molecular weight is 285 g/mol. The first-order valence-corrected chi connectivity index (χ1v) is 7.83. The monoisotopic (exact) mass is 285 g/mol. The Morgan fingerprint density at radius 1 is 1.29 bits per heavy atom. The maximum atomic E-state index is 3.95. The first-order valence-electron chi connectivity index (χ1n) is 7.83. The summed E-state index contributed by atoms with van der Waals surface area (Å²) in [6, 6.07) is 9.38. The second-order valence-corrected chi connectivity index (χ2v) is 6.11. The highest BCUT2D eigenvalue weighted by molar-refractivity contribution is 5.35. The highest BCUT2D eigenvalue weighted by Gasteiger charge is 2.22. The van der Waals surface area contributed by atoms with Crippen molar-refractivity contribution in [1.29, 1.82) is 0 Å². The van der Waals surface area contributed by atoms with E-state index in [1.165, 1.54) is 31.2 Å². The van der Waals surface area contributed by atoms with Gasteiger partial charge in [0.15, 0.2) is 0 Å². The van der Waals surface area contributed by atoms with E-state index in [2.05, 4.69) is 52.9 Å². The van der Waals surface area contributed by atoms with Crippen molar-refractivity contribution in [3.05, 3.63) is 36.2 Å². The number of rotatable bonds is 4. The summed E-state index contributed by atoms with van der Waals surface area (Å²) >= 11 is 0. The number of nitrogens with one attached hydrogen (secondary N) is 1. The lowest BCUT2D eigenvalue weighted by Gasteiger charge is -2.32. The van der Waals surface area contributed by atoms with Gasteiger partial charge in [-0.25, -0.2) is 4.68 Å². The van der Waals surface area contributed by atoms with Gasteiger partial charge in [-0.3, -0.25) is 0 Å². The van der Waals surface area contributed by atoms with E-state index in [1.54, 1.807) is 11.0 Å². The van der Waals surface area contributed by atoms with Gasteiger partial charge < -0.3 is 5.32 Å². The molecule has 2 aromatic rings. The standard InChI is InChI=1S/C16H23N5/c1-12-6-3-4-9-16(12)18-13(2)14-7-5-8-15(10-14)21-11-17-19-20-21/h5,7-8,10-13,16,18H,3-4,6,9H2,1-2H3. The molecule has 3 rings (SSSR count). The maximum Gasteiger partial charge on any atom is 0.143 e. The summed E-state index contributed by atoms with van der Waals surface area (Å²) in [6.45, 7) is 4.60. The van der Waals surface area contributed by atoms with Gasteiger partial charge in [-0.15, -0.1) is 5.10 Å². The SMILES string of the molecule is CC(NC1CCCCC1C)c1cccc(-n2cnnn2)c1. The fourth-order valence-electron chi connectivity index (χ4n) is 3.20. The van der Waals surface area contributed by atoms with Gasteiger partial charge in [0.2, 0.25) is 0 Å². The Kier molecular flexibility index (Phi) is 4.29. The molecule has 0 amide bonds. The van der Waals surface area contributed by atoms with E-state index in [0.29, 0.717) is 12.1 Å². The van der Waals surface area contributed by atoms with Crippen LogP contribution in [-0.4, -0.2) is 26.2 Å². The highest BCUT2D eigenvalue weighted by atomic mass is 15.5. The van der Waals surface area contributed by atoms with Crippen LogP contribution in [0.4, 0.5) is 0 Å². The molecule has 1 fully saturated rings. The first-order chi connectivity index (χ1) is 10.2. The van der Waals surface area contributed by atoms with Gasteiger partial charge in [0, 0.05) is 12.1 Å². The van der Waals surface area contributed by atoms with Crippen LogP contribution in [0.15, 0.2) is 30.6 Å². The minimum atomic E-state index is 0.340. The number of tetrazole rings is 1. The zero-order chi connectivity index (χ0) is 14.7. The van der Waals surface area contributed by atoms with Crippen molar-refractivity contribution in [2.24, 2.45) is 5.92 Å². The molecule has 1 aromatic heterocycles.